The number of hydrogen-bond acceptors (Lipinski definition) is 5. The monoisotopic (exact) mass is 555 g/mol. The number of fused-ring (bicyclic) bond motifs is 1. The summed E-state index contributed by atoms with van der Waals surface area (Å²) in [5, 5.41) is 5.10. The third kappa shape index (κ3) is 6.70. The number of carbonyl (C=O) groups is 3. The first-order valence-electron chi connectivity index (χ1n) is 14.5. The van der Waals surface area contributed by atoms with E-state index in [-0.39, 0.29) is 17.9 Å². The van der Waals surface area contributed by atoms with Crippen molar-refractivity contribution in [2.45, 2.75) is 70.4 Å². The van der Waals surface area contributed by atoms with Gasteiger partial charge in [-0.3, -0.25) is 9.59 Å². The number of benzene rings is 3. The lowest BCUT2D eigenvalue weighted by molar-refractivity contribution is -0.165. The van der Waals surface area contributed by atoms with Crippen LogP contribution in [0.15, 0.2) is 85.5 Å². The average Bonchev–Trinajstić information content (AvgIpc) is 2.97. The second kappa shape index (κ2) is 12.7. The minimum absolute atomic E-state index is 0.0266. The van der Waals surface area contributed by atoms with Gasteiger partial charge in [0.1, 0.15) is 6.10 Å². The van der Waals surface area contributed by atoms with Crippen LogP contribution in [-0.4, -0.2) is 36.1 Å². The van der Waals surface area contributed by atoms with Gasteiger partial charge in [-0.2, -0.15) is 0 Å². The molecule has 1 aliphatic carbocycles. The molecule has 4 atom stereocenters. The zero-order chi connectivity index (χ0) is 29.6. The first-order chi connectivity index (χ1) is 19.6. The number of nitrogens with one attached hydrogen (secondary N) is 1. The third-order valence-corrected chi connectivity index (χ3v) is 8.55. The van der Waals surface area contributed by atoms with E-state index in [0.29, 0.717) is 17.9 Å². The molecule has 3 aromatic carbocycles. The van der Waals surface area contributed by atoms with E-state index < -0.39 is 35.9 Å². The Labute approximate surface area is 243 Å². The summed E-state index contributed by atoms with van der Waals surface area (Å²) < 4.78 is 11.5. The first-order valence-corrected chi connectivity index (χ1v) is 14.5. The molecule has 0 radical (unpaired) electrons. The van der Waals surface area contributed by atoms with Crippen molar-refractivity contribution >= 4 is 28.6 Å². The second-order valence-electron chi connectivity index (χ2n) is 11.7. The summed E-state index contributed by atoms with van der Waals surface area (Å²) in [5.74, 6) is -1.44. The number of hydrogen-bond donors (Lipinski definition) is 1. The van der Waals surface area contributed by atoms with E-state index in [1.54, 1.807) is 37.3 Å². The van der Waals surface area contributed by atoms with Crippen LogP contribution in [0.3, 0.4) is 0 Å². The molecule has 0 aliphatic heterocycles. The Hall–Kier alpha value is -3.93. The molecule has 0 bridgehead atoms. The average molecular weight is 556 g/mol. The van der Waals surface area contributed by atoms with Gasteiger partial charge in [0.15, 0.2) is 5.54 Å². The highest BCUT2D eigenvalue weighted by atomic mass is 16.6. The van der Waals surface area contributed by atoms with E-state index in [2.05, 4.69) is 63.0 Å². The molecule has 0 unspecified atom stereocenters. The highest BCUT2D eigenvalue weighted by molar-refractivity contribution is 6.00. The van der Waals surface area contributed by atoms with Crippen LogP contribution in [-0.2, 0) is 24.5 Å². The van der Waals surface area contributed by atoms with E-state index >= 15 is 0 Å². The van der Waals surface area contributed by atoms with Gasteiger partial charge in [-0.1, -0.05) is 93.9 Å². The molecule has 0 saturated heterocycles. The molecule has 1 N–H and O–H groups in total. The molecule has 6 heteroatoms. The third-order valence-electron chi connectivity index (χ3n) is 8.55. The van der Waals surface area contributed by atoms with Gasteiger partial charge in [0.25, 0.3) is 5.91 Å². The lowest BCUT2D eigenvalue weighted by atomic mass is 9.64. The minimum Gasteiger partial charge on any atom is -0.466 e. The number of rotatable bonds is 10. The molecule has 1 fully saturated rings. The van der Waals surface area contributed by atoms with Crippen LogP contribution in [0.25, 0.3) is 10.8 Å². The van der Waals surface area contributed by atoms with Crippen LogP contribution < -0.4 is 5.32 Å². The standard InChI is InChI=1S/C35H41NO5/c1-6-35(23-31(37)40-7-2,36-32(38)26-14-9-8-10-15-26)33(39)41-30-21-24(3)17-20-29(30)34(4,5)28-19-18-25-13-11-12-16-27(25)22-28/h6,8-16,18-19,22,24,29-30H,1,7,17,20-21,23H2,2-5H3,(H,36,38)/t24-,29-,30-,35+/m1/s1. The van der Waals surface area contributed by atoms with Crippen molar-refractivity contribution in [3.8, 4) is 0 Å². The maximum absolute atomic E-state index is 14.0. The van der Waals surface area contributed by atoms with Crippen LogP contribution in [0, 0.1) is 11.8 Å². The minimum atomic E-state index is -1.78. The summed E-state index contributed by atoms with van der Waals surface area (Å²) in [6.07, 6.45) is 3.06. The maximum Gasteiger partial charge on any atom is 0.336 e. The normalized spacial score (nSPS) is 20.4. The Morgan fingerprint density at radius 1 is 0.976 bits per heavy atom. The molecule has 1 aliphatic rings. The van der Waals surface area contributed by atoms with Crippen LogP contribution in [0.2, 0.25) is 0 Å². The number of esters is 2. The molecule has 0 spiro atoms. The summed E-state index contributed by atoms with van der Waals surface area (Å²) in [6.45, 7) is 12.3. The summed E-state index contributed by atoms with van der Waals surface area (Å²) >= 11 is 0. The van der Waals surface area contributed by atoms with Gasteiger partial charge in [0.05, 0.1) is 13.0 Å². The van der Waals surface area contributed by atoms with Crippen LogP contribution in [0.5, 0.6) is 0 Å². The number of amides is 1. The van der Waals surface area contributed by atoms with Crippen molar-refractivity contribution in [1.29, 1.82) is 0 Å². The molecule has 3 aromatic rings. The van der Waals surface area contributed by atoms with Crippen molar-refractivity contribution in [3.63, 3.8) is 0 Å². The van der Waals surface area contributed by atoms with Crippen LogP contribution >= 0.6 is 0 Å². The summed E-state index contributed by atoms with van der Waals surface area (Å²) in [6, 6.07) is 23.3. The lowest BCUT2D eigenvalue weighted by Crippen LogP contribution is -2.57. The van der Waals surface area contributed by atoms with Crippen molar-refractivity contribution < 1.29 is 23.9 Å². The van der Waals surface area contributed by atoms with Crippen LogP contribution in [0.4, 0.5) is 0 Å². The van der Waals surface area contributed by atoms with Crippen molar-refractivity contribution in [2.24, 2.45) is 11.8 Å². The summed E-state index contributed by atoms with van der Waals surface area (Å²) in [4.78, 5) is 39.9. The van der Waals surface area contributed by atoms with E-state index in [4.69, 9.17) is 9.47 Å². The zero-order valence-electron chi connectivity index (χ0n) is 24.5. The molecule has 0 heterocycles. The number of carbonyl (C=O) groups excluding carboxylic acids is 3. The molecule has 0 aromatic heterocycles. The molecular formula is C35H41NO5. The smallest absolute Gasteiger partial charge is 0.336 e. The van der Waals surface area contributed by atoms with Gasteiger partial charge in [-0.15, -0.1) is 6.58 Å². The molecule has 1 amide bonds. The van der Waals surface area contributed by atoms with Crippen molar-refractivity contribution in [3.05, 3.63) is 96.6 Å². The first kappa shape index (κ1) is 30.0. The fraction of sp³-hybridized carbons (Fsp3) is 0.400. The quantitative estimate of drug-likeness (QED) is 0.220. The van der Waals surface area contributed by atoms with Crippen molar-refractivity contribution in [1.82, 2.24) is 5.32 Å². The second-order valence-corrected chi connectivity index (χ2v) is 11.7. The predicted molar refractivity (Wildman–Crippen MR) is 161 cm³/mol. The topological polar surface area (TPSA) is 81.7 Å². The Balaban J connectivity index is 1.65. The van der Waals surface area contributed by atoms with E-state index in [9.17, 15) is 14.4 Å². The predicted octanol–water partition coefficient (Wildman–Crippen LogP) is 6.77. The highest BCUT2D eigenvalue weighted by Gasteiger charge is 2.47. The molecule has 41 heavy (non-hydrogen) atoms. The summed E-state index contributed by atoms with van der Waals surface area (Å²) in [7, 11) is 0. The van der Waals surface area contributed by atoms with Gasteiger partial charge >= 0.3 is 11.9 Å². The fourth-order valence-electron chi connectivity index (χ4n) is 6.01. The fourth-order valence-corrected chi connectivity index (χ4v) is 6.01. The Morgan fingerprint density at radius 3 is 2.34 bits per heavy atom. The van der Waals surface area contributed by atoms with Gasteiger partial charge in [-0.05, 0) is 59.6 Å². The van der Waals surface area contributed by atoms with E-state index in [1.807, 2.05) is 12.1 Å². The Bertz CT molecular complexity index is 1400. The van der Waals surface area contributed by atoms with Crippen LogP contribution in [0.1, 0.15) is 69.3 Å². The summed E-state index contributed by atoms with van der Waals surface area (Å²) in [5.41, 5.74) is -0.551. The van der Waals surface area contributed by atoms with Gasteiger partial charge < -0.3 is 14.8 Å². The molecule has 1 saturated carbocycles. The maximum atomic E-state index is 14.0. The molecule has 216 valence electrons. The highest BCUT2D eigenvalue weighted by Crippen LogP contribution is 2.44. The lowest BCUT2D eigenvalue weighted by Gasteiger charge is -2.45. The molecule has 4 rings (SSSR count). The Morgan fingerprint density at radius 2 is 1.66 bits per heavy atom. The molecular weight excluding hydrogens is 514 g/mol. The van der Waals surface area contributed by atoms with E-state index in [0.717, 1.165) is 12.8 Å². The largest absolute Gasteiger partial charge is 0.466 e. The Kier molecular flexibility index (Phi) is 9.31. The molecule has 6 nitrogen and oxygen atoms in total. The van der Waals surface area contributed by atoms with Gasteiger partial charge in [0.2, 0.25) is 0 Å². The van der Waals surface area contributed by atoms with E-state index in [1.165, 1.54) is 22.4 Å². The SMILES string of the molecule is C=C[C@@](CC(=O)OCC)(NC(=O)c1ccccc1)C(=O)O[C@@H]1C[C@H](C)CC[C@H]1C(C)(C)c1ccc2ccccc2c1. The zero-order valence-corrected chi connectivity index (χ0v) is 24.5. The number of ether oxygens (including phenoxy) is 2. The van der Waals surface area contributed by atoms with Gasteiger partial charge in [0, 0.05) is 11.5 Å². The van der Waals surface area contributed by atoms with Crippen molar-refractivity contribution in [2.75, 3.05) is 6.61 Å². The van der Waals surface area contributed by atoms with Gasteiger partial charge in [-0.25, -0.2) is 4.79 Å².